The van der Waals surface area contributed by atoms with Gasteiger partial charge in [0.25, 0.3) is 5.91 Å². The highest BCUT2D eigenvalue weighted by molar-refractivity contribution is 7.98. The zero-order valence-corrected chi connectivity index (χ0v) is 24.7. The van der Waals surface area contributed by atoms with Gasteiger partial charge in [0.1, 0.15) is 24.2 Å². The van der Waals surface area contributed by atoms with E-state index in [0.717, 1.165) is 11.1 Å². The van der Waals surface area contributed by atoms with E-state index in [1.165, 1.54) is 17.8 Å². The number of amides is 1. The van der Waals surface area contributed by atoms with Gasteiger partial charge < -0.3 is 15.4 Å². The van der Waals surface area contributed by atoms with Gasteiger partial charge in [-0.15, -0.1) is 5.10 Å². The Bertz CT molecular complexity index is 1780. The number of halogens is 2. The molecule has 1 unspecified atom stereocenters. The number of hydrogen-bond acceptors (Lipinski definition) is 6. The maximum atomic E-state index is 14.2. The van der Waals surface area contributed by atoms with Gasteiger partial charge in [0.15, 0.2) is 0 Å². The molecule has 0 aliphatic carbocycles. The minimum absolute atomic E-state index is 0.258. The second-order valence-corrected chi connectivity index (χ2v) is 11.3. The summed E-state index contributed by atoms with van der Waals surface area (Å²) in [5, 5.41) is 12.2. The number of anilines is 2. The summed E-state index contributed by atoms with van der Waals surface area (Å²) >= 11 is 7.32. The number of nitrogens with one attached hydrogen (secondary N) is 2. The molecule has 0 saturated carbocycles. The Balaban J connectivity index is 1.29. The summed E-state index contributed by atoms with van der Waals surface area (Å²) in [6.45, 7) is 2.24. The first-order valence-electron chi connectivity index (χ1n) is 13.6. The van der Waals surface area contributed by atoms with Gasteiger partial charge >= 0.3 is 0 Å². The van der Waals surface area contributed by atoms with E-state index in [2.05, 4.69) is 15.6 Å². The van der Waals surface area contributed by atoms with Gasteiger partial charge in [0, 0.05) is 22.2 Å². The summed E-state index contributed by atoms with van der Waals surface area (Å²) in [5.74, 6) is 1.02. The molecule has 0 fully saturated rings. The number of carbonyl (C=O) groups is 1. The molecule has 1 aromatic heterocycles. The number of carbonyl (C=O) groups excluding carboxylic acids is 1. The number of thioether (sulfide) groups is 1. The molecule has 0 saturated heterocycles. The molecule has 10 heteroatoms. The number of rotatable bonds is 9. The third-order valence-electron chi connectivity index (χ3n) is 6.94. The Labute approximate surface area is 257 Å². The van der Waals surface area contributed by atoms with Crippen LogP contribution in [-0.2, 0) is 17.2 Å². The fourth-order valence-corrected chi connectivity index (χ4v) is 5.71. The van der Waals surface area contributed by atoms with Crippen LogP contribution < -0.4 is 15.4 Å². The van der Waals surface area contributed by atoms with Crippen LogP contribution in [-0.4, -0.2) is 20.7 Å². The number of para-hydroxylation sites is 1. The Morgan fingerprint density at radius 1 is 1.00 bits per heavy atom. The van der Waals surface area contributed by atoms with Gasteiger partial charge in [-0.05, 0) is 66.1 Å². The lowest BCUT2D eigenvalue weighted by atomic mass is 9.95. The molecule has 2 N–H and O–H groups in total. The van der Waals surface area contributed by atoms with Crippen LogP contribution in [0.25, 0.3) is 0 Å². The number of aromatic nitrogens is 3. The Kier molecular flexibility index (Phi) is 8.44. The van der Waals surface area contributed by atoms with E-state index in [1.807, 2.05) is 85.8 Å². The molecule has 0 bridgehead atoms. The zero-order valence-electron chi connectivity index (χ0n) is 23.1. The molecule has 0 spiro atoms. The largest absolute Gasteiger partial charge is 0.489 e. The smallest absolute Gasteiger partial charge is 0.255 e. The summed E-state index contributed by atoms with van der Waals surface area (Å²) in [5.41, 5.74) is 4.24. The lowest BCUT2D eigenvalue weighted by molar-refractivity contribution is -0.113. The molecule has 7 nitrogen and oxygen atoms in total. The summed E-state index contributed by atoms with van der Waals surface area (Å²) < 4.78 is 21.9. The lowest BCUT2D eigenvalue weighted by Crippen LogP contribution is -2.31. The fraction of sp³-hybridized carbons (Fsp3) is 0.121. The highest BCUT2D eigenvalue weighted by Crippen LogP contribution is 2.37. The predicted octanol–water partition coefficient (Wildman–Crippen LogP) is 7.87. The Morgan fingerprint density at radius 3 is 2.47 bits per heavy atom. The number of nitrogens with zero attached hydrogens (tertiary/aromatic N) is 3. The molecule has 4 aromatic carbocycles. The molecule has 216 valence electrons. The standard InChI is InChI=1S/C33H27ClFN5O2S/c1-21-29(31(41)37-26-8-3-2-4-9-26)30(23-13-17-27(18-14-23)42-19-22-11-15-25(34)16-12-22)40-32(36-21)38-33(39-40)43-20-24-7-5-6-10-28(24)35/h2-18,30H,19-20H2,1H3,(H,37,41)(H,36,38,39). The molecular formula is C33H27ClFN5O2S. The molecule has 0 radical (unpaired) electrons. The van der Waals surface area contributed by atoms with E-state index in [9.17, 15) is 9.18 Å². The van der Waals surface area contributed by atoms with Crippen molar-refractivity contribution >= 4 is 40.9 Å². The molecular weight excluding hydrogens is 585 g/mol. The van der Waals surface area contributed by atoms with Crippen LogP contribution in [0, 0.1) is 5.82 Å². The third-order valence-corrected chi connectivity index (χ3v) is 8.08. The van der Waals surface area contributed by atoms with Crippen molar-refractivity contribution in [1.29, 1.82) is 0 Å². The van der Waals surface area contributed by atoms with Gasteiger partial charge in [-0.3, -0.25) is 4.79 Å². The molecule has 1 amide bonds. The van der Waals surface area contributed by atoms with E-state index in [0.29, 0.717) is 56.8 Å². The topological polar surface area (TPSA) is 81.1 Å². The van der Waals surface area contributed by atoms with Crippen molar-refractivity contribution < 1.29 is 13.9 Å². The first-order valence-corrected chi connectivity index (χ1v) is 14.9. The van der Waals surface area contributed by atoms with E-state index in [4.69, 9.17) is 21.4 Å². The fourth-order valence-electron chi connectivity index (χ4n) is 4.77. The normalized spacial score (nSPS) is 14.2. The molecule has 43 heavy (non-hydrogen) atoms. The average molecular weight is 612 g/mol. The van der Waals surface area contributed by atoms with E-state index in [1.54, 1.807) is 22.9 Å². The van der Waals surface area contributed by atoms with Crippen LogP contribution in [0.3, 0.4) is 0 Å². The number of fused-ring (bicyclic) bond motifs is 1. The van der Waals surface area contributed by atoms with E-state index >= 15 is 0 Å². The van der Waals surface area contributed by atoms with Crippen molar-refractivity contribution in [2.24, 2.45) is 0 Å². The number of allylic oxidation sites excluding steroid dienone is 1. The number of benzene rings is 4. The van der Waals surface area contributed by atoms with Crippen LogP contribution in [0.1, 0.15) is 29.7 Å². The number of ether oxygens (including phenoxy) is 1. The molecule has 1 aliphatic rings. The molecule has 6 rings (SSSR count). The van der Waals surface area contributed by atoms with Gasteiger partial charge in [-0.1, -0.05) is 84.0 Å². The monoisotopic (exact) mass is 611 g/mol. The molecule has 5 aromatic rings. The van der Waals surface area contributed by atoms with Crippen molar-refractivity contribution in [2.75, 3.05) is 10.6 Å². The third kappa shape index (κ3) is 6.58. The maximum absolute atomic E-state index is 14.2. The Morgan fingerprint density at radius 2 is 1.72 bits per heavy atom. The minimum Gasteiger partial charge on any atom is -0.489 e. The highest BCUT2D eigenvalue weighted by Gasteiger charge is 2.34. The van der Waals surface area contributed by atoms with Crippen LogP contribution >= 0.6 is 23.4 Å². The van der Waals surface area contributed by atoms with Crippen molar-refractivity contribution in [1.82, 2.24) is 14.8 Å². The summed E-state index contributed by atoms with van der Waals surface area (Å²) in [6, 6.07) is 30.5. The zero-order chi connectivity index (χ0) is 29.8. The summed E-state index contributed by atoms with van der Waals surface area (Å²) in [6.07, 6.45) is 0. The second kappa shape index (κ2) is 12.7. The van der Waals surface area contributed by atoms with Crippen molar-refractivity contribution in [3.8, 4) is 5.75 Å². The van der Waals surface area contributed by atoms with Crippen molar-refractivity contribution in [3.05, 3.63) is 142 Å². The van der Waals surface area contributed by atoms with Crippen LogP contribution in [0.4, 0.5) is 16.0 Å². The average Bonchev–Trinajstić information content (AvgIpc) is 3.43. The summed E-state index contributed by atoms with van der Waals surface area (Å²) in [4.78, 5) is 18.4. The van der Waals surface area contributed by atoms with Crippen LogP contribution in [0.15, 0.2) is 120 Å². The van der Waals surface area contributed by atoms with Gasteiger partial charge in [-0.25, -0.2) is 9.07 Å². The van der Waals surface area contributed by atoms with Gasteiger partial charge in [0.2, 0.25) is 11.1 Å². The van der Waals surface area contributed by atoms with Gasteiger partial charge in [-0.2, -0.15) is 4.98 Å². The SMILES string of the molecule is CC1=C(C(=O)Nc2ccccc2)C(c2ccc(OCc3ccc(Cl)cc3)cc2)n2nc(SCc3ccccc3F)nc2N1. The van der Waals surface area contributed by atoms with Crippen molar-refractivity contribution in [3.63, 3.8) is 0 Å². The van der Waals surface area contributed by atoms with E-state index < -0.39 is 6.04 Å². The van der Waals surface area contributed by atoms with Gasteiger partial charge in [0.05, 0.1) is 5.57 Å². The van der Waals surface area contributed by atoms with Crippen LogP contribution in [0.2, 0.25) is 5.02 Å². The molecule has 2 heterocycles. The van der Waals surface area contributed by atoms with Crippen molar-refractivity contribution in [2.45, 2.75) is 30.5 Å². The lowest BCUT2D eigenvalue weighted by Gasteiger charge is -2.28. The maximum Gasteiger partial charge on any atom is 0.255 e. The molecule has 1 atom stereocenters. The quantitative estimate of drug-likeness (QED) is 0.165. The minimum atomic E-state index is -0.569. The van der Waals surface area contributed by atoms with E-state index in [-0.39, 0.29) is 11.7 Å². The highest BCUT2D eigenvalue weighted by atomic mass is 35.5. The van der Waals surface area contributed by atoms with Crippen LogP contribution in [0.5, 0.6) is 5.75 Å². The number of hydrogen-bond donors (Lipinski definition) is 2. The Hall–Kier alpha value is -4.60. The summed E-state index contributed by atoms with van der Waals surface area (Å²) in [7, 11) is 0. The predicted molar refractivity (Wildman–Crippen MR) is 168 cm³/mol. The first-order chi connectivity index (χ1) is 20.9. The second-order valence-electron chi connectivity index (χ2n) is 9.91. The molecule has 1 aliphatic heterocycles. The first kappa shape index (κ1) is 28.5.